The van der Waals surface area contributed by atoms with Crippen molar-refractivity contribution in [2.45, 2.75) is 142 Å². The molecule has 0 aromatic carbocycles. The summed E-state index contributed by atoms with van der Waals surface area (Å²) in [4.78, 5) is 32.1. The third-order valence-corrected chi connectivity index (χ3v) is 6.24. The maximum Gasteiger partial charge on any atom is 0.320 e. The fraction of sp³-hybridized carbons (Fsp3) is 0.893. The molecule has 0 spiro atoms. The van der Waals surface area contributed by atoms with E-state index in [1.807, 2.05) is 0 Å². The lowest BCUT2D eigenvalue weighted by Gasteiger charge is -2.28. The average molecular weight is 516 g/mol. The molecule has 0 saturated heterocycles. The van der Waals surface area contributed by atoms with Crippen LogP contribution in [0.1, 0.15) is 136 Å². The van der Waals surface area contributed by atoms with Gasteiger partial charge in [0.25, 0.3) is 5.91 Å². The molecular formula is C28H59N4O4+. The van der Waals surface area contributed by atoms with Gasteiger partial charge in [-0.15, -0.1) is 0 Å². The number of primary amides is 1. The Morgan fingerprint density at radius 3 is 1.50 bits per heavy atom. The molecule has 0 saturated carbocycles. The predicted octanol–water partition coefficient (Wildman–Crippen LogP) is 5.43. The molecule has 0 radical (unpaired) electrons. The molecule has 0 rings (SSSR count). The molecule has 6 N–H and O–H groups in total. The number of nitrogens with two attached hydrogens (primary N) is 2. The minimum absolute atomic E-state index is 0.0213. The number of nitrogens with one attached hydrogen (secondary N) is 1. The summed E-state index contributed by atoms with van der Waals surface area (Å²) in [6.45, 7) is 5.43. The molecule has 1 atom stereocenters. The van der Waals surface area contributed by atoms with Crippen LogP contribution in [-0.4, -0.2) is 54.2 Å². The molecule has 0 unspecified atom stereocenters. The first-order valence-corrected chi connectivity index (χ1v) is 14.5. The zero-order chi connectivity index (χ0) is 27.7. The van der Waals surface area contributed by atoms with Crippen LogP contribution in [0.15, 0.2) is 0 Å². The SMILES string of the molecule is CCCCCCCCCCCCCCCCCC(=O)N[N+](C)(C)CCC.NC(=O)CC[C@H](N)C(=O)O. The predicted molar refractivity (Wildman–Crippen MR) is 149 cm³/mol. The normalized spacial score (nSPS) is 11.9. The van der Waals surface area contributed by atoms with Crippen molar-refractivity contribution in [3.05, 3.63) is 0 Å². The number of carboxylic acids is 1. The minimum atomic E-state index is -1.11. The van der Waals surface area contributed by atoms with E-state index >= 15 is 0 Å². The molecule has 0 aliphatic rings. The number of carbonyl (C=O) groups excluding carboxylic acids is 2. The molecule has 0 heterocycles. The Morgan fingerprint density at radius 1 is 0.722 bits per heavy atom. The molecule has 0 bridgehead atoms. The second kappa shape index (κ2) is 25.0. The number of carboxylic acid groups (broad SMARTS) is 1. The van der Waals surface area contributed by atoms with Crippen molar-refractivity contribution in [3.8, 4) is 0 Å². The minimum Gasteiger partial charge on any atom is -0.480 e. The molecule has 2 amide bonds. The van der Waals surface area contributed by atoms with Crippen molar-refractivity contribution in [2.24, 2.45) is 11.5 Å². The highest BCUT2D eigenvalue weighted by atomic mass is 16.4. The van der Waals surface area contributed by atoms with E-state index in [2.05, 4.69) is 33.4 Å². The number of unbranched alkanes of at least 4 members (excludes halogenated alkanes) is 14. The summed E-state index contributed by atoms with van der Waals surface area (Å²) in [6.07, 6.45) is 22.4. The van der Waals surface area contributed by atoms with Crippen LogP contribution in [0.25, 0.3) is 0 Å². The highest BCUT2D eigenvalue weighted by Gasteiger charge is 2.16. The van der Waals surface area contributed by atoms with Crippen LogP contribution < -0.4 is 16.9 Å². The van der Waals surface area contributed by atoms with E-state index in [0.717, 1.165) is 19.4 Å². The van der Waals surface area contributed by atoms with Gasteiger partial charge in [0, 0.05) is 12.8 Å². The first-order valence-electron chi connectivity index (χ1n) is 14.5. The number of amides is 2. The molecular weight excluding hydrogens is 456 g/mol. The molecule has 36 heavy (non-hydrogen) atoms. The number of carbonyl (C=O) groups is 3. The smallest absolute Gasteiger partial charge is 0.320 e. The summed E-state index contributed by atoms with van der Waals surface area (Å²) >= 11 is 0. The summed E-state index contributed by atoms with van der Waals surface area (Å²) in [6, 6.07) is -0.979. The number of nitrogens with zero attached hydrogens (tertiary/aromatic N) is 1. The molecule has 8 heteroatoms. The fourth-order valence-electron chi connectivity index (χ4n) is 4.09. The molecule has 0 aromatic rings. The van der Waals surface area contributed by atoms with Gasteiger partial charge in [0.1, 0.15) is 12.6 Å². The van der Waals surface area contributed by atoms with Crippen molar-refractivity contribution < 1.29 is 24.1 Å². The summed E-state index contributed by atoms with van der Waals surface area (Å²) in [5, 5.41) is 8.22. The zero-order valence-corrected chi connectivity index (χ0v) is 24.0. The molecule has 0 aliphatic heterocycles. The summed E-state index contributed by atoms with van der Waals surface area (Å²) in [5.74, 6) is -1.43. The standard InChI is InChI=1S/C23H48N2O.C5H10N2O3/c1-5-7-8-9-10-11-12-13-14-15-16-17-18-19-20-21-23(26)24-25(3,4)22-6-2;6-3(5(9)10)1-2-4(7)8/h5-22H2,1-4H3;3H,1-2,6H2,(H2,7,8)(H,9,10)/p+1/t;3-/m.0/s1. The topological polar surface area (TPSA) is 136 Å². The first-order chi connectivity index (χ1) is 17.1. The number of rotatable bonds is 23. The van der Waals surface area contributed by atoms with Crippen molar-refractivity contribution in [3.63, 3.8) is 0 Å². The third kappa shape index (κ3) is 28.6. The average Bonchev–Trinajstić information content (AvgIpc) is 2.79. The monoisotopic (exact) mass is 515 g/mol. The van der Waals surface area contributed by atoms with Gasteiger partial charge in [-0.05, 0) is 19.3 Å². The lowest BCUT2D eigenvalue weighted by atomic mass is 10.0. The lowest BCUT2D eigenvalue weighted by molar-refractivity contribution is -0.925. The van der Waals surface area contributed by atoms with Gasteiger partial charge in [0.15, 0.2) is 0 Å². The summed E-state index contributed by atoms with van der Waals surface area (Å²) in [7, 11) is 4.13. The van der Waals surface area contributed by atoms with Crippen LogP contribution in [0.2, 0.25) is 0 Å². The van der Waals surface area contributed by atoms with E-state index in [1.54, 1.807) is 0 Å². The van der Waals surface area contributed by atoms with Crippen molar-refractivity contribution in [1.82, 2.24) is 5.43 Å². The van der Waals surface area contributed by atoms with Crippen LogP contribution in [0.5, 0.6) is 0 Å². The molecule has 214 valence electrons. The van der Waals surface area contributed by atoms with Gasteiger partial charge in [-0.25, -0.2) is 10.0 Å². The van der Waals surface area contributed by atoms with E-state index in [9.17, 15) is 14.4 Å². The highest BCUT2D eigenvalue weighted by molar-refractivity contribution is 5.77. The van der Waals surface area contributed by atoms with Crippen LogP contribution in [-0.2, 0) is 14.4 Å². The van der Waals surface area contributed by atoms with Crippen LogP contribution in [0.3, 0.4) is 0 Å². The summed E-state index contributed by atoms with van der Waals surface area (Å²) < 4.78 is 0.605. The van der Waals surface area contributed by atoms with Gasteiger partial charge >= 0.3 is 5.97 Å². The quantitative estimate of drug-likeness (QED) is 0.0817. The van der Waals surface area contributed by atoms with Crippen molar-refractivity contribution >= 4 is 17.8 Å². The maximum absolute atomic E-state index is 11.9. The van der Waals surface area contributed by atoms with Gasteiger partial charge in [-0.1, -0.05) is 104 Å². The van der Waals surface area contributed by atoms with Crippen LogP contribution >= 0.6 is 0 Å². The van der Waals surface area contributed by atoms with Crippen molar-refractivity contribution in [2.75, 3.05) is 20.6 Å². The first kappa shape index (κ1) is 36.5. The summed E-state index contributed by atoms with van der Waals surface area (Å²) in [5.41, 5.74) is 12.9. The lowest BCUT2D eigenvalue weighted by Crippen LogP contribution is -2.54. The fourth-order valence-corrected chi connectivity index (χ4v) is 4.09. The second-order valence-corrected chi connectivity index (χ2v) is 10.6. The number of aliphatic carboxylic acids is 1. The molecule has 0 fully saturated rings. The van der Waals surface area contributed by atoms with Gasteiger partial charge in [0.2, 0.25) is 5.91 Å². The second-order valence-electron chi connectivity index (χ2n) is 10.6. The number of hydrogen-bond donors (Lipinski definition) is 4. The van der Waals surface area contributed by atoms with E-state index in [1.165, 1.54) is 89.9 Å². The van der Waals surface area contributed by atoms with E-state index in [4.69, 9.17) is 16.6 Å². The maximum atomic E-state index is 11.9. The third-order valence-electron chi connectivity index (χ3n) is 6.24. The van der Waals surface area contributed by atoms with Gasteiger partial charge < -0.3 is 16.6 Å². The number of hydrogen-bond acceptors (Lipinski definition) is 4. The van der Waals surface area contributed by atoms with Gasteiger partial charge in [0.05, 0.1) is 14.1 Å². The van der Waals surface area contributed by atoms with E-state index in [0.29, 0.717) is 11.0 Å². The van der Waals surface area contributed by atoms with Crippen LogP contribution in [0, 0.1) is 0 Å². The van der Waals surface area contributed by atoms with Crippen LogP contribution in [0.4, 0.5) is 0 Å². The van der Waals surface area contributed by atoms with Gasteiger partial charge in [-0.3, -0.25) is 14.4 Å². The largest absolute Gasteiger partial charge is 0.480 e. The molecule has 0 aromatic heterocycles. The zero-order valence-electron chi connectivity index (χ0n) is 24.0. The van der Waals surface area contributed by atoms with Crippen molar-refractivity contribution in [1.29, 1.82) is 0 Å². The highest BCUT2D eigenvalue weighted by Crippen LogP contribution is 2.13. The molecule has 8 nitrogen and oxygen atoms in total. The Kier molecular flexibility index (Phi) is 25.3. The number of quaternary nitrogens is 1. The Morgan fingerprint density at radius 2 is 1.14 bits per heavy atom. The molecule has 0 aliphatic carbocycles. The van der Waals surface area contributed by atoms with E-state index < -0.39 is 17.9 Å². The Labute approximate surface area is 221 Å². The Balaban J connectivity index is 0. The van der Waals surface area contributed by atoms with Gasteiger partial charge in [-0.2, -0.15) is 0 Å². The van der Waals surface area contributed by atoms with E-state index in [-0.39, 0.29) is 18.7 Å². The Bertz CT molecular complexity index is 556. The Hall–Kier alpha value is -1.67.